The second-order valence-corrected chi connectivity index (χ2v) is 5.33. The summed E-state index contributed by atoms with van der Waals surface area (Å²) < 4.78 is 0. The largest absolute Gasteiger partial charge is 0.368 e. The molecule has 0 aliphatic heterocycles. The van der Waals surface area contributed by atoms with Crippen LogP contribution in [-0.2, 0) is 14.4 Å². The van der Waals surface area contributed by atoms with Gasteiger partial charge in [0.1, 0.15) is 11.6 Å². The van der Waals surface area contributed by atoms with Crippen molar-refractivity contribution in [3.05, 3.63) is 0 Å². The lowest BCUT2D eigenvalue weighted by molar-refractivity contribution is -0.134. The fourth-order valence-electron chi connectivity index (χ4n) is 2.57. The molecule has 1 unspecified atom stereocenters. The maximum atomic E-state index is 12.3. The van der Waals surface area contributed by atoms with E-state index in [1.807, 2.05) is 0 Å². The first kappa shape index (κ1) is 16.4. The van der Waals surface area contributed by atoms with Crippen LogP contribution in [0.5, 0.6) is 0 Å². The molecular formula is C13H24N4O3. The molecule has 114 valence electrons. The molecule has 0 radical (unpaired) electrons. The first-order valence-electron chi connectivity index (χ1n) is 7.00. The number of carbonyl (C=O) groups is 3. The molecule has 0 bridgehead atoms. The highest BCUT2D eigenvalue weighted by Crippen LogP contribution is 2.29. The van der Waals surface area contributed by atoms with Crippen molar-refractivity contribution in [2.45, 2.75) is 57.0 Å². The van der Waals surface area contributed by atoms with Gasteiger partial charge in [0.05, 0.1) is 0 Å². The topological polar surface area (TPSA) is 127 Å². The normalized spacial score (nSPS) is 18.3. The lowest BCUT2D eigenvalue weighted by Gasteiger charge is -2.29. The van der Waals surface area contributed by atoms with Gasteiger partial charge in [0.2, 0.25) is 17.7 Å². The van der Waals surface area contributed by atoms with E-state index in [9.17, 15) is 14.4 Å². The van der Waals surface area contributed by atoms with Crippen LogP contribution in [0.1, 0.15) is 45.4 Å². The van der Waals surface area contributed by atoms with Crippen molar-refractivity contribution in [1.29, 1.82) is 0 Å². The van der Waals surface area contributed by atoms with E-state index >= 15 is 0 Å². The molecule has 1 atom stereocenters. The van der Waals surface area contributed by atoms with E-state index in [4.69, 9.17) is 11.5 Å². The van der Waals surface area contributed by atoms with Gasteiger partial charge in [-0.2, -0.15) is 0 Å². The van der Waals surface area contributed by atoms with Crippen LogP contribution >= 0.6 is 0 Å². The molecule has 1 fully saturated rings. The van der Waals surface area contributed by atoms with E-state index in [0.717, 1.165) is 12.8 Å². The van der Waals surface area contributed by atoms with Crippen molar-refractivity contribution >= 4 is 17.7 Å². The van der Waals surface area contributed by atoms with Crippen LogP contribution in [0.25, 0.3) is 0 Å². The van der Waals surface area contributed by atoms with Crippen LogP contribution in [0.4, 0.5) is 0 Å². The molecular weight excluding hydrogens is 260 g/mol. The molecule has 0 spiro atoms. The summed E-state index contributed by atoms with van der Waals surface area (Å²) in [7, 11) is 0. The predicted octanol–water partition coefficient (Wildman–Crippen LogP) is -0.856. The minimum absolute atomic E-state index is 0.290. The Morgan fingerprint density at radius 3 is 2.30 bits per heavy atom. The Labute approximate surface area is 118 Å². The average molecular weight is 284 g/mol. The monoisotopic (exact) mass is 284 g/mol. The lowest BCUT2D eigenvalue weighted by Crippen LogP contribution is -2.60. The Bertz CT molecular complexity index is 378. The summed E-state index contributed by atoms with van der Waals surface area (Å²) in [6.07, 6.45) is 3.88. The van der Waals surface area contributed by atoms with E-state index in [1.165, 1.54) is 6.92 Å². The number of amides is 3. The first-order chi connectivity index (χ1) is 9.41. The molecule has 20 heavy (non-hydrogen) atoms. The van der Waals surface area contributed by atoms with E-state index in [2.05, 4.69) is 10.6 Å². The summed E-state index contributed by atoms with van der Waals surface area (Å²) in [4.78, 5) is 35.1. The summed E-state index contributed by atoms with van der Waals surface area (Å²) >= 11 is 0. The number of primary amides is 1. The molecule has 7 heteroatoms. The van der Waals surface area contributed by atoms with Gasteiger partial charge in [-0.05, 0) is 32.2 Å². The van der Waals surface area contributed by atoms with Crippen molar-refractivity contribution in [2.75, 3.05) is 6.54 Å². The fraction of sp³-hybridized carbons (Fsp3) is 0.769. The maximum absolute atomic E-state index is 12.3. The van der Waals surface area contributed by atoms with Crippen molar-refractivity contribution < 1.29 is 14.4 Å². The standard InChI is InChI=1S/C13H24N4O3/c1-9(18)16-10(5-4-8-14)11(19)17-13(12(15)20)6-2-3-7-13/h10H,2-8,14H2,1H3,(H2,15,20)(H,16,18)(H,17,19). The molecule has 3 amide bonds. The minimum atomic E-state index is -0.962. The summed E-state index contributed by atoms with van der Waals surface area (Å²) in [6, 6.07) is -0.673. The third kappa shape index (κ3) is 4.19. The zero-order chi connectivity index (χ0) is 15.2. The van der Waals surface area contributed by atoms with Crippen molar-refractivity contribution in [3.63, 3.8) is 0 Å². The predicted molar refractivity (Wildman–Crippen MR) is 74.4 cm³/mol. The molecule has 0 aromatic heterocycles. The van der Waals surface area contributed by atoms with Gasteiger partial charge in [-0.25, -0.2) is 0 Å². The van der Waals surface area contributed by atoms with Gasteiger partial charge in [0.15, 0.2) is 0 Å². The Morgan fingerprint density at radius 1 is 1.25 bits per heavy atom. The Hall–Kier alpha value is -1.63. The zero-order valence-electron chi connectivity index (χ0n) is 11.9. The Morgan fingerprint density at radius 2 is 1.85 bits per heavy atom. The molecule has 0 heterocycles. The van der Waals surface area contributed by atoms with Crippen LogP contribution in [0.3, 0.4) is 0 Å². The van der Waals surface area contributed by atoms with Gasteiger partial charge >= 0.3 is 0 Å². The Kier molecular flexibility index (Phi) is 5.94. The van der Waals surface area contributed by atoms with Crippen LogP contribution in [0.15, 0.2) is 0 Å². The number of carbonyl (C=O) groups excluding carboxylic acids is 3. The third-order valence-corrected chi connectivity index (χ3v) is 3.68. The SMILES string of the molecule is CC(=O)NC(CCCN)C(=O)NC1(C(N)=O)CCCC1. The van der Waals surface area contributed by atoms with Gasteiger partial charge in [-0.15, -0.1) is 0 Å². The molecule has 1 aliphatic rings. The Balaban J connectivity index is 2.72. The van der Waals surface area contributed by atoms with Crippen LogP contribution in [0, 0.1) is 0 Å². The molecule has 0 aromatic rings. The maximum Gasteiger partial charge on any atom is 0.243 e. The smallest absolute Gasteiger partial charge is 0.243 e. The number of hydrogen-bond acceptors (Lipinski definition) is 4. The van der Waals surface area contributed by atoms with Gasteiger partial charge in [0, 0.05) is 6.92 Å². The lowest BCUT2D eigenvalue weighted by atomic mass is 9.95. The van der Waals surface area contributed by atoms with E-state index in [-0.39, 0.29) is 11.8 Å². The van der Waals surface area contributed by atoms with Crippen molar-refractivity contribution in [1.82, 2.24) is 10.6 Å². The fourth-order valence-corrected chi connectivity index (χ4v) is 2.57. The minimum Gasteiger partial charge on any atom is -0.368 e. The summed E-state index contributed by atoms with van der Waals surface area (Å²) in [5, 5.41) is 5.32. The molecule has 1 aliphatic carbocycles. The van der Waals surface area contributed by atoms with Crippen LogP contribution in [-0.4, -0.2) is 35.8 Å². The van der Waals surface area contributed by atoms with Gasteiger partial charge in [0.25, 0.3) is 0 Å². The van der Waals surface area contributed by atoms with Crippen molar-refractivity contribution in [3.8, 4) is 0 Å². The van der Waals surface area contributed by atoms with E-state index in [0.29, 0.717) is 32.2 Å². The summed E-state index contributed by atoms with van der Waals surface area (Å²) in [5.41, 5.74) is 9.89. The highest BCUT2D eigenvalue weighted by molar-refractivity contribution is 5.93. The molecule has 6 N–H and O–H groups in total. The highest BCUT2D eigenvalue weighted by atomic mass is 16.2. The first-order valence-corrected chi connectivity index (χ1v) is 7.00. The van der Waals surface area contributed by atoms with Crippen molar-refractivity contribution in [2.24, 2.45) is 11.5 Å². The third-order valence-electron chi connectivity index (χ3n) is 3.68. The molecule has 0 saturated heterocycles. The molecule has 7 nitrogen and oxygen atoms in total. The molecule has 1 rings (SSSR count). The molecule has 0 aromatic carbocycles. The second kappa shape index (κ2) is 7.23. The zero-order valence-corrected chi connectivity index (χ0v) is 11.9. The highest BCUT2D eigenvalue weighted by Gasteiger charge is 2.41. The number of rotatable bonds is 7. The second-order valence-electron chi connectivity index (χ2n) is 5.33. The van der Waals surface area contributed by atoms with E-state index < -0.39 is 17.5 Å². The number of nitrogens with one attached hydrogen (secondary N) is 2. The summed E-state index contributed by atoms with van der Waals surface area (Å²) in [5.74, 6) is -1.17. The number of hydrogen-bond donors (Lipinski definition) is 4. The molecule has 1 saturated carbocycles. The van der Waals surface area contributed by atoms with Gasteiger partial charge < -0.3 is 22.1 Å². The van der Waals surface area contributed by atoms with Gasteiger partial charge in [-0.3, -0.25) is 14.4 Å². The average Bonchev–Trinajstić information content (AvgIpc) is 2.83. The van der Waals surface area contributed by atoms with E-state index in [1.54, 1.807) is 0 Å². The van der Waals surface area contributed by atoms with Crippen LogP contribution < -0.4 is 22.1 Å². The summed E-state index contributed by atoms with van der Waals surface area (Å²) in [6.45, 7) is 1.78. The quantitative estimate of drug-likeness (QED) is 0.485. The van der Waals surface area contributed by atoms with Gasteiger partial charge in [-0.1, -0.05) is 12.8 Å². The number of nitrogens with two attached hydrogens (primary N) is 2. The van der Waals surface area contributed by atoms with Crippen LogP contribution in [0.2, 0.25) is 0 Å².